The van der Waals surface area contributed by atoms with E-state index in [9.17, 15) is 37.1 Å². The number of carbonyl (C=O) groups excluding carboxylic acids is 1. The third-order valence-electron chi connectivity index (χ3n) is 11.7. The number of aromatic nitrogens is 1. The molecule has 1 saturated carbocycles. The van der Waals surface area contributed by atoms with Gasteiger partial charge in [0.2, 0.25) is 5.91 Å². The zero-order valence-corrected chi connectivity index (χ0v) is 31.1. The van der Waals surface area contributed by atoms with Gasteiger partial charge in [-0.15, -0.1) is 0 Å². The number of carbonyl (C=O) groups is 2. The van der Waals surface area contributed by atoms with E-state index < -0.39 is 53.6 Å². The minimum absolute atomic E-state index is 0.0279. The molecule has 0 unspecified atom stereocenters. The summed E-state index contributed by atoms with van der Waals surface area (Å²) in [6.45, 7) is 8.76. The van der Waals surface area contributed by atoms with Gasteiger partial charge in [-0.1, -0.05) is 32.8 Å². The molecule has 11 heteroatoms. The lowest BCUT2D eigenvalue weighted by molar-refractivity contribution is -0.139. The van der Waals surface area contributed by atoms with Crippen molar-refractivity contribution in [2.45, 2.75) is 129 Å². The second kappa shape index (κ2) is 15.8. The Morgan fingerprint density at radius 2 is 1.60 bits per heavy atom. The van der Waals surface area contributed by atoms with Gasteiger partial charge < -0.3 is 19.9 Å². The van der Waals surface area contributed by atoms with Gasteiger partial charge in [0, 0.05) is 18.3 Å². The molecule has 6 rings (SSSR count). The van der Waals surface area contributed by atoms with E-state index in [1.807, 2.05) is 39.8 Å². The van der Waals surface area contributed by atoms with Crippen LogP contribution in [0.25, 0.3) is 11.1 Å². The maximum Gasteiger partial charge on any atom is 0.416 e. The van der Waals surface area contributed by atoms with Crippen molar-refractivity contribution in [1.82, 2.24) is 14.8 Å². The van der Waals surface area contributed by atoms with Crippen LogP contribution in [0.5, 0.6) is 0 Å². The Balaban J connectivity index is 1.36. The van der Waals surface area contributed by atoms with Gasteiger partial charge in [0.05, 0.1) is 18.0 Å². The Labute approximate surface area is 308 Å². The number of benzene rings is 2. The topological polar surface area (TPSA) is 91.6 Å². The summed E-state index contributed by atoms with van der Waals surface area (Å²) in [5.74, 6) is -2.68. The van der Waals surface area contributed by atoms with Gasteiger partial charge in [-0.3, -0.25) is 14.4 Å². The molecule has 2 fully saturated rings. The minimum atomic E-state index is -4.74. The molecule has 1 amide bonds. The van der Waals surface area contributed by atoms with Crippen LogP contribution in [0.15, 0.2) is 41.3 Å². The number of alkyl halides is 3. The monoisotopic (exact) mass is 737 g/mol. The van der Waals surface area contributed by atoms with Crippen molar-refractivity contribution in [3.8, 4) is 11.1 Å². The Hall–Kier alpha value is -3.99. The summed E-state index contributed by atoms with van der Waals surface area (Å²) in [5, 5.41) is 12.9. The lowest BCUT2D eigenvalue weighted by Crippen LogP contribution is -2.42. The average molecular weight is 738 g/mol. The third-order valence-corrected chi connectivity index (χ3v) is 11.7. The molecule has 0 radical (unpaired) electrons. The van der Waals surface area contributed by atoms with Gasteiger partial charge in [-0.05, 0) is 153 Å². The third kappa shape index (κ3) is 8.55. The van der Waals surface area contributed by atoms with Gasteiger partial charge in [0.15, 0.2) is 0 Å². The Morgan fingerprint density at radius 1 is 0.943 bits per heavy atom. The van der Waals surface area contributed by atoms with Crippen LogP contribution in [-0.2, 0) is 28.6 Å². The maximum absolute atomic E-state index is 14.5. The fraction of sp³-hybridized carbons (Fsp3) is 0.548. The van der Waals surface area contributed by atoms with Crippen molar-refractivity contribution in [2.75, 3.05) is 13.1 Å². The standard InChI is InChI=1S/C42H51F4N3O4/c1-24(2)16-37(49-23-34(35(21-38(49)50)42(44,45)46)27-12-14-48(15-13-27)31-9-5-6-10-31)41(53)47-36(22-39(51)52)29-19-28-8-7-11-32(28)33(20-29)40-25(3)17-30(43)18-26(40)4/h17-21,23-24,27,31,36-37H,5-16,22H2,1-4H3,(H,47,53)(H,51,52)/t36-,37+/m0/s1. The summed E-state index contributed by atoms with van der Waals surface area (Å²) in [6, 6.07) is 5.67. The highest BCUT2D eigenvalue weighted by Crippen LogP contribution is 2.41. The number of aliphatic carboxylic acids is 1. The average Bonchev–Trinajstić information content (AvgIpc) is 3.79. The molecule has 1 aromatic heterocycles. The van der Waals surface area contributed by atoms with Crippen LogP contribution >= 0.6 is 0 Å². The number of likely N-dealkylation sites (tertiary alicyclic amines) is 1. The van der Waals surface area contributed by atoms with Crippen molar-refractivity contribution in [2.24, 2.45) is 5.92 Å². The molecule has 2 heterocycles. The molecule has 53 heavy (non-hydrogen) atoms. The highest BCUT2D eigenvalue weighted by atomic mass is 19.4. The van der Waals surface area contributed by atoms with E-state index in [1.165, 1.54) is 31.2 Å². The van der Waals surface area contributed by atoms with Crippen LogP contribution in [0.4, 0.5) is 17.6 Å². The number of amides is 1. The first-order chi connectivity index (χ1) is 25.1. The van der Waals surface area contributed by atoms with Crippen molar-refractivity contribution in [1.29, 1.82) is 0 Å². The van der Waals surface area contributed by atoms with Crippen LogP contribution in [0.2, 0.25) is 0 Å². The fourth-order valence-electron chi connectivity index (χ4n) is 9.20. The number of pyridine rings is 1. The van der Waals surface area contributed by atoms with Crippen molar-refractivity contribution >= 4 is 11.9 Å². The van der Waals surface area contributed by atoms with E-state index in [4.69, 9.17) is 0 Å². The fourth-order valence-corrected chi connectivity index (χ4v) is 9.20. The molecule has 2 aliphatic carbocycles. The number of hydrogen-bond acceptors (Lipinski definition) is 4. The Kier molecular flexibility index (Phi) is 11.5. The summed E-state index contributed by atoms with van der Waals surface area (Å²) in [6.07, 6.45) is 4.28. The van der Waals surface area contributed by atoms with Crippen molar-refractivity contribution in [3.05, 3.63) is 91.6 Å². The number of piperidine rings is 1. The molecular weight excluding hydrogens is 686 g/mol. The lowest BCUT2D eigenvalue weighted by Gasteiger charge is -2.37. The Morgan fingerprint density at radius 3 is 2.21 bits per heavy atom. The molecule has 1 saturated heterocycles. The smallest absolute Gasteiger partial charge is 0.416 e. The molecule has 2 atom stereocenters. The molecule has 3 aromatic rings. The molecule has 3 aliphatic rings. The van der Waals surface area contributed by atoms with Crippen LogP contribution < -0.4 is 10.9 Å². The number of hydrogen-bond donors (Lipinski definition) is 2. The SMILES string of the molecule is Cc1cc(F)cc(C)c1-c1cc([C@H](CC(=O)O)NC(=O)[C@@H](CC(C)C)n2cc(C3CCN(C4CCCC4)CC3)c(C(F)(F)F)cc2=O)cc2c1CCC2. The first-order valence-corrected chi connectivity index (χ1v) is 19.1. The maximum atomic E-state index is 14.5. The second-order valence-corrected chi connectivity index (χ2v) is 15.9. The van der Waals surface area contributed by atoms with Crippen LogP contribution in [0, 0.1) is 25.6 Å². The Bertz CT molecular complexity index is 1880. The number of halogens is 4. The number of carboxylic acids is 1. The zero-order valence-electron chi connectivity index (χ0n) is 31.1. The summed E-state index contributed by atoms with van der Waals surface area (Å²) < 4.78 is 58.9. The predicted octanol–water partition coefficient (Wildman–Crippen LogP) is 8.82. The molecule has 2 aromatic carbocycles. The largest absolute Gasteiger partial charge is 0.481 e. The van der Waals surface area contributed by atoms with Crippen LogP contribution in [-0.4, -0.2) is 45.6 Å². The molecule has 2 N–H and O–H groups in total. The lowest BCUT2D eigenvalue weighted by atomic mass is 9.86. The van der Waals surface area contributed by atoms with Crippen LogP contribution in [0.1, 0.15) is 129 Å². The summed E-state index contributed by atoms with van der Waals surface area (Å²) in [4.78, 5) is 42.6. The van der Waals surface area contributed by atoms with E-state index in [0.717, 1.165) is 70.1 Å². The summed E-state index contributed by atoms with van der Waals surface area (Å²) >= 11 is 0. The number of fused-ring (bicyclic) bond motifs is 1. The second-order valence-electron chi connectivity index (χ2n) is 15.9. The number of nitrogens with zero attached hydrogens (tertiary/aromatic N) is 2. The molecule has 286 valence electrons. The van der Waals surface area contributed by atoms with E-state index >= 15 is 0 Å². The first kappa shape index (κ1) is 38.7. The zero-order chi connectivity index (χ0) is 38.2. The number of nitrogens with one attached hydrogen (secondary N) is 1. The number of aryl methyl sites for hydroxylation is 3. The van der Waals surface area contributed by atoms with Crippen molar-refractivity contribution in [3.63, 3.8) is 0 Å². The number of rotatable bonds is 11. The number of carboxylic acid groups (broad SMARTS) is 1. The summed E-state index contributed by atoms with van der Waals surface area (Å²) in [7, 11) is 0. The molecule has 1 aliphatic heterocycles. The van der Waals surface area contributed by atoms with Crippen LogP contribution in [0.3, 0.4) is 0 Å². The van der Waals surface area contributed by atoms with Gasteiger partial charge in [-0.2, -0.15) is 13.2 Å². The van der Waals surface area contributed by atoms with Gasteiger partial charge in [0.25, 0.3) is 5.56 Å². The predicted molar refractivity (Wildman–Crippen MR) is 196 cm³/mol. The molecule has 0 spiro atoms. The quantitative estimate of drug-likeness (QED) is 0.192. The van der Waals surface area contributed by atoms with E-state index in [0.29, 0.717) is 43.6 Å². The molecule has 7 nitrogen and oxygen atoms in total. The van der Waals surface area contributed by atoms with Crippen molar-refractivity contribution < 1.29 is 32.3 Å². The molecular formula is C42H51F4N3O4. The molecule has 0 bridgehead atoms. The highest BCUT2D eigenvalue weighted by Gasteiger charge is 2.39. The van der Waals surface area contributed by atoms with E-state index in [2.05, 4.69) is 10.2 Å². The first-order valence-electron chi connectivity index (χ1n) is 19.1. The van der Waals surface area contributed by atoms with E-state index in [1.54, 1.807) is 0 Å². The highest BCUT2D eigenvalue weighted by molar-refractivity contribution is 5.82. The summed E-state index contributed by atoms with van der Waals surface area (Å²) in [5.41, 5.74) is 4.08. The van der Waals surface area contributed by atoms with Gasteiger partial charge in [0.1, 0.15) is 11.9 Å². The van der Waals surface area contributed by atoms with Gasteiger partial charge >= 0.3 is 12.1 Å². The van der Waals surface area contributed by atoms with Gasteiger partial charge in [-0.25, -0.2) is 4.39 Å². The van der Waals surface area contributed by atoms with E-state index in [-0.39, 0.29) is 23.7 Å². The normalized spacial score (nSPS) is 18.4. The minimum Gasteiger partial charge on any atom is -0.481 e.